The van der Waals surface area contributed by atoms with Crippen molar-refractivity contribution in [2.24, 2.45) is 0 Å². The van der Waals surface area contributed by atoms with Crippen molar-refractivity contribution < 1.29 is 9.15 Å². The van der Waals surface area contributed by atoms with Crippen LogP contribution in [-0.4, -0.2) is 31.6 Å². The summed E-state index contributed by atoms with van der Waals surface area (Å²) in [5.74, 6) is 1.50. The van der Waals surface area contributed by atoms with Gasteiger partial charge in [0.25, 0.3) is 0 Å². The molecule has 0 amide bonds. The van der Waals surface area contributed by atoms with Gasteiger partial charge in [0.15, 0.2) is 5.43 Å². The minimum absolute atomic E-state index is 0.0608. The van der Waals surface area contributed by atoms with Crippen LogP contribution < -0.4 is 10.2 Å². The van der Waals surface area contributed by atoms with E-state index in [4.69, 9.17) is 9.15 Å². The highest BCUT2D eigenvalue weighted by molar-refractivity contribution is 5.83. The molecule has 2 aromatic rings. The second-order valence-corrected chi connectivity index (χ2v) is 6.39. The third-order valence-corrected chi connectivity index (χ3v) is 4.93. The molecule has 4 heteroatoms. The number of piperidine rings is 1. The molecule has 0 radical (unpaired) electrons. The highest BCUT2D eigenvalue weighted by Gasteiger charge is 2.17. The van der Waals surface area contributed by atoms with E-state index in [2.05, 4.69) is 4.90 Å². The van der Waals surface area contributed by atoms with Crippen molar-refractivity contribution in [3.63, 3.8) is 0 Å². The van der Waals surface area contributed by atoms with Crippen LogP contribution >= 0.6 is 0 Å². The van der Waals surface area contributed by atoms with Gasteiger partial charge < -0.3 is 14.1 Å². The molecule has 0 saturated carbocycles. The fourth-order valence-corrected chi connectivity index (χ4v) is 3.38. The first-order chi connectivity index (χ1) is 11.1. The molecule has 0 aliphatic carbocycles. The van der Waals surface area contributed by atoms with Gasteiger partial charge in [-0.1, -0.05) is 6.42 Å². The van der Waals surface area contributed by atoms with Gasteiger partial charge in [-0.05, 0) is 58.3 Å². The summed E-state index contributed by atoms with van der Waals surface area (Å²) < 4.78 is 11.5. The Morgan fingerprint density at radius 3 is 2.61 bits per heavy atom. The van der Waals surface area contributed by atoms with E-state index in [-0.39, 0.29) is 5.43 Å². The molecule has 1 fully saturated rings. The quantitative estimate of drug-likeness (QED) is 0.867. The van der Waals surface area contributed by atoms with Crippen molar-refractivity contribution in [1.82, 2.24) is 4.90 Å². The van der Waals surface area contributed by atoms with Gasteiger partial charge in [-0.2, -0.15) is 0 Å². The average molecular weight is 315 g/mol. The van der Waals surface area contributed by atoms with E-state index < -0.39 is 0 Å². The SMILES string of the molecule is COc1ccc2c(=O)c(C)c(C)oc2c1CCN1CCCCC1. The van der Waals surface area contributed by atoms with Gasteiger partial charge in [-0.3, -0.25) is 4.79 Å². The van der Waals surface area contributed by atoms with Crippen molar-refractivity contribution in [1.29, 1.82) is 0 Å². The summed E-state index contributed by atoms with van der Waals surface area (Å²) in [5.41, 5.74) is 2.44. The molecule has 1 aromatic carbocycles. The summed E-state index contributed by atoms with van der Waals surface area (Å²) in [7, 11) is 1.67. The predicted molar refractivity (Wildman–Crippen MR) is 92.5 cm³/mol. The molecule has 0 spiro atoms. The third kappa shape index (κ3) is 3.13. The van der Waals surface area contributed by atoms with E-state index in [1.165, 1.54) is 19.3 Å². The Kier molecular flexibility index (Phi) is 4.71. The lowest BCUT2D eigenvalue weighted by Gasteiger charge is -2.26. The number of methoxy groups -OCH3 is 1. The zero-order valence-corrected chi connectivity index (χ0v) is 14.3. The molecule has 1 aliphatic heterocycles. The molecule has 124 valence electrons. The van der Waals surface area contributed by atoms with Gasteiger partial charge in [0.2, 0.25) is 0 Å². The van der Waals surface area contributed by atoms with Crippen molar-refractivity contribution in [2.75, 3.05) is 26.7 Å². The molecule has 1 aromatic heterocycles. The summed E-state index contributed by atoms with van der Waals surface area (Å²) in [5, 5.41) is 0.655. The van der Waals surface area contributed by atoms with Crippen LogP contribution in [0.3, 0.4) is 0 Å². The molecular weight excluding hydrogens is 290 g/mol. The van der Waals surface area contributed by atoms with Crippen LogP contribution in [0.25, 0.3) is 11.0 Å². The number of hydrogen-bond donors (Lipinski definition) is 0. The van der Waals surface area contributed by atoms with Gasteiger partial charge in [-0.15, -0.1) is 0 Å². The average Bonchev–Trinajstić information content (AvgIpc) is 2.58. The van der Waals surface area contributed by atoms with Gasteiger partial charge in [0.05, 0.1) is 12.5 Å². The molecule has 0 unspecified atom stereocenters. The third-order valence-electron chi connectivity index (χ3n) is 4.93. The number of nitrogens with zero attached hydrogens (tertiary/aromatic N) is 1. The Labute approximate surface area is 137 Å². The second-order valence-electron chi connectivity index (χ2n) is 6.39. The molecule has 2 heterocycles. The number of ether oxygens (including phenoxy) is 1. The fourth-order valence-electron chi connectivity index (χ4n) is 3.38. The minimum Gasteiger partial charge on any atom is -0.496 e. The zero-order valence-electron chi connectivity index (χ0n) is 14.3. The van der Waals surface area contributed by atoms with Crippen LogP contribution in [0.2, 0.25) is 0 Å². The minimum atomic E-state index is 0.0608. The summed E-state index contributed by atoms with van der Waals surface area (Å²) >= 11 is 0. The van der Waals surface area contributed by atoms with Gasteiger partial charge in [-0.25, -0.2) is 0 Å². The van der Waals surface area contributed by atoms with Gasteiger partial charge >= 0.3 is 0 Å². The second kappa shape index (κ2) is 6.75. The maximum atomic E-state index is 12.5. The monoisotopic (exact) mass is 315 g/mol. The Balaban J connectivity index is 2.00. The van der Waals surface area contributed by atoms with E-state index in [0.717, 1.165) is 37.4 Å². The normalized spacial score (nSPS) is 16.0. The Morgan fingerprint density at radius 2 is 1.91 bits per heavy atom. The molecule has 3 rings (SSSR count). The zero-order chi connectivity index (χ0) is 16.4. The van der Waals surface area contributed by atoms with Gasteiger partial charge in [0.1, 0.15) is 17.1 Å². The number of benzene rings is 1. The Morgan fingerprint density at radius 1 is 1.17 bits per heavy atom. The molecular formula is C19H25NO3. The predicted octanol–water partition coefficient (Wildman–Crippen LogP) is 3.45. The van der Waals surface area contributed by atoms with E-state index >= 15 is 0 Å². The van der Waals surface area contributed by atoms with Crippen LogP contribution in [0.5, 0.6) is 5.75 Å². The lowest BCUT2D eigenvalue weighted by Crippen LogP contribution is -2.31. The van der Waals surface area contributed by atoms with Crippen molar-refractivity contribution in [2.45, 2.75) is 39.5 Å². The summed E-state index contributed by atoms with van der Waals surface area (Å²) in [6, 6.07) is 3.70. The van der Waals surface area contributed by atoms with Crippen molar-refractivity contribution in [3.8, 4) is 5.75 Å². The van der Waals surface area contributed by atoms with Gasteiger partial charge in [0, 0.05) is 17.7 Å². The summed E-state index contributed by atoms with van der Waals surface area (Å²) in [4.78, 5) is 15.0. The van der Waals surface area contributed by atoms with E-state index in [0.29, 0.717) is 22.3 Å². The molecule has 4 nitrogen and oxygen atoms in total. The molecule has 0 bridgehead atoms. The summed E-state index contributed by atoms with van der Waals surface area (Å²) in [6.07, 6.45) is 4.73. The number of rotatable bonds is 4. The maximum Gasteiger partial charge on any atom is 0.195 e. The largest absolute Gasteiger partial charge is 0.496 e. The topological polar surface area (TPSA) is 42.7 Å². The molecule has 0 N–H and O–H groups in total. The Hall–Kier alpha value is -1.81. The number of fused-ring (bicyclic) bond motifs is 1. The summed E-state index contributed by atoms with van der Waals surface area (Å²) in [6.45, 7) is 6.97. The lowest BCUT2D eigenvalue weighted by molar-refractivity contribution is 0.230. The first kappa shape index (κ1) is 16.1. The molecule has 1 saturated heterocycles. The highest BCUT2D eigenvalue weighted by Crippen LogP contribution is 2.29. The van der Waals surface area contributed by atoms with Crippen LogP contribution in [0.1, 0.15) is 36.1 Å². The number of hydrogen-bond acceptors (Lipinski definition) is 4. The van der Waals surface area contributed by atoms with E-state index in [9.17, 15) is 4.79 Å². The van der Waals surface area contributed by atoms with Crippen molar-refractivity contribution in [3.05, 3.63) is 39.2 Å². The maximum absolute atomic E-state index is 12.5. The van der Waals surface area contributed by atoms with Crippen LogP contribution in [0, 0.1) is 13.8 Å². The highest BCUT2D eigenvalue weighted by atomic mass is 16.5. The van der Waals surface area contributed by atoms with Crippen LogP contribution in [0.4, 0.5) is 0 Å². The first-order valence-electron chi connectivity index (χ1n) is 8.44. The lowest BCUT2D eigenvalue weighted by atomic mass is 10.0. The first-order valence-corrected chi connectivity index (χ1v) is 8.44. The smallest absolute Gasteiger partial charge is 0.195 e. The van der Waals surface area contributed by atoms with Crippen molar-refractivity contribution >= 4 is 11.0 Å². The van der Waals surface area contributed by atoms with Crippen LogP contribution in [-0.2, 0) is 6.42 Å². The number of likely N-dealkylation sites (tertiary alicyclic amines) is 1. The fraction of sp³-hybridized carbons (Fsp3) is 0.526. The van der Waals surface area contributed by atoms with Crippen LogP contribution in [0.15, 0.2) is 21.3 Å². The standard InChI is InChI=1S/C19H25NO3/c1-13-14(2)23-19-15(9-12-20-10-5-4-6-11-20)17(22-3)8-7-16(19)18(13)21/h7-8H,4-6,9-12H2,1-3H3. The molecule has 1 aliphatic rings. The number of aryl methyl sites for hydroxylation is 1. The molecule has 0 atom stereocenters. The Bertz CT molecular complexity index is 757. The molecule has 23 heavy (non-hydrogen) atoms. The van der Waals surface area contributed by atoms with E-state index in [1.54, 1.807) is 7.11 Å². The van der Waals surface area contributed by atoms with E-state index in [1.807, 2.05) is 26.0 Å².